The van der Waals surface area contributed by atoms with Crippen LogP contribution in [0.5, 0.6) is 0 Å². The number of halogens is 4. The summed E-state index contributed by atoms with van der Waals surface area (Å²) in [6.07, 6.45) is 0. The van der Waals surface area contributed by atoms with Crippen LogP contribution in [0.1, 0.15) is 5.56 Å². The Morgan fingerprint density at radius 3 is 1.65 bits per heavy atom. The van der Waals surface area contributed by atoms with Crippen LogP contribution in [0.4, 0.5) is 21.0 Å². The van der Waals surface area contributed by atoms with Crippen molar-refractivity contribution in [1.82, 2.24) is 5.06 Å². The SMILES string of the molecule is O=C(Nc1ccc(Cl)c(Cl)c1)N(OCc1ccccc1)C(=O)Nc1ccc(Cl)c(Cl)c1. The molecule has 10 heteroatoms. The Kier molecular flexibility index (Phi) is 8.01. The summed E-state index contributed by atoms with van der Waals surface area (Å²) in [7, 11) is 0. The molecule has 0 spiro atoms. The molecule has 0 fully saturated rings. The van der Waals surface area contributed by atoms with Gasteiger partial charge in [-0.2, -0.15) is 0 Å². The second kappa shape index (κ2) is 10.7. The largest absolute Gasteiger partial charge is 0.354 e. The lowest BCUT2D eigenvalue weighted by molar-refractivity contribution is -0.0827. The molecule has 2 N–H and O–H groups in total. The minimum atomic E-state index is -0.841. The van der Waals surface area contributed by atoms with Crippen LogP contribution in [-0.2, 0) is 11.4 Å². The van der Waals surface area contributed by atoms with E-state index in [9.17, 15) is 9.59 Å². The topological polar surface area (TPSA) is 70.7 Å². The maximum Gasteiger partial charge on any atom is 0.354 e. The van der Waals surface area contributed by atoms with Crippen LogP contribution in [0.2, 0.25) is 20.1 Å². The number of anilines is 2. The first-order valence-electron chi connectivity index (χ1n) is 8.82. The predicted octanol–water partition coefficient (Wildman–Crippen LogP) is 7.50. The molecule has 0 aliphatic heterocycles. The molecule has 3 aromatic rings. The maximum atomic E-state index is 12.8. The van der Waals surface area contributed by atoms with E-state index in [1.165, 1.54) is 24.3 Å². The highest BCUT2D eigenvalue weighted by atomic mass is 35.5. The molecule has 4 amide bonds. The monoisotopic (exact) mass is 497 g/mol. The summed E-state index contributed by atoms with van der Waals surface area (Å²) in [6, 6.07) is 16.4. The number of nitrogens with zero attached hydrogens (tertiary/aromatic N) is 1. The third kappa shape index (κ3) is 6.50. The van der Waals surface area contributed by atoms with Crippen molar-refractivity contribution in [2.75, 3.05) is 10.6 Å². The Labute approximate surface area is 198 Å². The van der Waals surface area contributed by atoms with Gasteiger partial charge < -0.3 is 10.6 Å². The average molecular weight is 499 g/mol. The quantitative estimate of drug-likeness (QED) is 0.358. The van der Waals surface area contributed by atoms with E-state index in [0.717, 1.165) is 5.56 Å². The van der Waals surface area contributed by atoms with Crippen LogP contribution >= 0.6 is 46.4 Å². The number of rotatable bonds is 5. The number of carbonyl (C=O) groups excluding carboxylic acids is 2. The van der Waals surface area contributed by atoms with Crippen molar-refractivity contribution in [2.45, 2.75) is 6.61 Å². The first-order valence-corrected chi connectivity index (χ1v) is 10.3. The number of hydrogen-bond acceptors (Lipinski definition) is 3. The van der Waals surface area contributed by atoms with Gasteiger partial charge in [0, 0.05) is 11.4 Å². The molecule has 6 nitrogen and oxygen atoms in total. The van der Waals surface area contributed by atoms with E-state index in [1.54, 1.807) is 24.3 Å². The number of carbonyl (C=O) groups is 2. The molecule has 0 aliphatic carbocycles. The Hall–Kier alpha value is -2.48. The molecular weight excluding hydrogens is 484 g/mol. The predicted molar refractivity (Wildman–Crippen MR) is 124 cm³/mol. The molecule has 0 unspecified atom stereocenters. The molecule has 0 saturated carbocycles. The van der Waals surface area contributed by atoms with Crippen LogP contribution < -0.4 is 10.6 Å². The number of urea groups is 2. The second-order valence-corrected chi connectivity index (χ2v) is 7.80. The Bertz CT molecular complexity index is 1030. The van der Waals surface area contributed by atoms with Crippen molar-refractivity contribution in [3.05, 3.63) is 92.4 Å². The Morgan fingerprint density at radius 1 is 0.710 bits per heavy atom. The fourth-order valence-corrected chi connectivity index (χ4v) is 3.02. The van der Waals surface area contributed by atoms with Gasteiger partial charge in [0.25, 0.3) is 0 Å². The summed E-state index contributed by atoms with van der Waals surface area (Å²) in [6.45, 7) is -0.0234. The Balaban J connectivity index is 1.78. The maximum absolute atomic E-state index is 12.8. The highest BCUT2D eigenvalue weighted by Gasteiger charge is 2.24. The fraction of sp³-hybridized carbons (Fsp3) is 0.0476. The van der Waals surface area contributed by atoms with E-state index >= 15 is 0 Å². The summed E-state index contributed by atoms with van der Waals surface area (Å²) in [5.41, 5.74) is 1.42. The number of hydroxylamine groups is 2. The van der Waals surface area contributed by atoms with Crippen molar-refractivity contribution in [3.8, 4) is 0 Å². The van der Waals surface area contributed by atoms with Gasteiger partial charge in [-0.1, -0.05) is 76.7 Å². The lowest BCUT2D eigenvalue weighted by Gasteiger charge is -2.21. The summed E-state index contributed by atoms with van der Waals surface area (Å²) in [4.78, 5) is 31.1. The number of amides is 4. The zero-order valence-electron chi connectivity index (χ0n) is 15.7. The van der Waals surface area contributed by atoms with E-state index in [0.29, 0.717) is 26.5 Å². The zero-order chi connectivity index (χ0) is 22.4. The summed E-state index contributed by atoms with van der Waals surface area (Å²) in [5, 5.41) is 6.81. The lowest BCUT2D eigenvalue weighted by atomic mass is 10.2. The molecule has 0 radical (unpaired) electrons. The standard InChI is InChI=1S/C21H15Cl4N3O3/c22-16-8-6-14(10-18(16)24)26-20(29)28(31-12-13-4-2-1-3-5-13)21(30)27-15-7-9-17(23)19(25)11-15/h1-11H,12H2,(H,26,29)(H,27,30). The second-order valence-electron chi connectivity index (χ2n) is 6.17. The van der Waals surface area contributed by atoms with E-state index in [4.69, 9.17) is 51.2 Å². The van der Waals surface area contributed by atoms with Crippen LogP contribution in [0.3, 0.4) is 0 Å². The first-order chi connectivity index (χ1) is 14.8. The molecule has 0 atom stereocenters. The molecule has 160 valence electrons. The summed E-state index contributed by atoms with van der Waals surface area (Å²) < 4.78 is 0. The minimum absolute atomic E-state index is 0.0234. The van der Waals surface area contributed by atoms with Gasteiger partial charge in [0.2, 0.25) is 0 Å². The number of imide groups is 1. The first kappa shape index (κ1) is 23.2. The third-order valence-electron chi connectivity index (χ3n) is 3.91. The van der Waals surface area contributed by atoms with Gasteiger partial charge in [0.1, 0.15) is 6.61 Å². The molecular formula is C21H15Cl4N3O3. The minimum Gasteiger partial charge on any atom is -0.306 e. The number of benzene rings is 3. The molecule has 3 aromatic carbocycles. The average Bonchev–Trinajstić information content (AvgIpc) is 2.74. The molecule has 0 aromatic heterocycles. The van der Waals surface area contributed by atoms with Gasteiger partial charge in [0.05, 0.1) is 20.1 Å². The van der Waals surface area contributed by atoms with Crippen molar-refractivity contribution in [3.63, 3.8) is 0 Å². The van der Waals surface area contributed by atoms with Crippen LogP contribution in [0, 0.1) is 0 Å². The molecule has 3 rings (SSSR count). The van der Waals surface area contributed by atoms with Crippen LogP contribution in [0.15, 0.2) is 66.7 Å². The van der Waals surface area contributed by atoms with Gasteiger partial charge in [0.15, 0.2) is 0 Å². The van der Waals surface area contributed by atoms with Crippen molar-refractivity contribution < 1.29 is 14.4 Å². The smallest absolute Gasteiger partial charge is 0.306 e. The van der Waals surface area contributed by atoms with Gasteiger partial charge in [-0.3, -0.25) is 4.84 Å². The van der Waals surface area contributed by atoms with Crippen molar-refractivity contribution in [1.29, 1.82) is 0 Å². The zero-order valence-corrected chi connectivity index (χ0v) is 18.8. The van der Waals surface area contributed by atoms with Gasteiger partial charge in [-0.15, -0.1) is 5.06 Å². The highest BCUT2D eigenvalue weighted by Crippen LogP contribution is 2.26. The van der Waals surface area contributed by atoms with Crippen LogP contribution in [-0.4, -0.2) is 17.1 Å². The van der Waals surface area contributed by atoms with Crippen LogP contribution in [0.25, 0.3) is 0 Å². The van der Waals surface area contributed by atoms with Gasteiger partial charge >= 0.3 is 12.1 Å². The summed E-state index contributed by atoms with van der Waals surface area (Å²) in [5.74, 6) is 0. The fourth-order valence-electron chi connectivity index (χ4n) is 2.42. The molecule has 0 bridgehead atoms. The summed E-state index contributed by atoms with van der Waals surface area (Å²) >= 11 is 23.8. The number of hydrogen-bond donors (Lipinski definition) is 2. The normalized spacial score (nSPS) is 10.5. The third-order valence-corrected chi connectivity index (χ3v) is 5.39. The van der Waals surface area contributed by atoms with E-state index in [2.05, 4.69) is 10.6 Å². The Morgan fingerprint density at radius 2 is 1.19 bits per heavy atom. The van der Waals surface area contributed by atoms with Gasteiger partial charge in [-0.05, 0) is 42.0 Å². The molecule has 31 heavy (non-hydrogen) atoms. The lowest BCUT2D eigenvalue weighted by Crippen LogP contribution is -2.42. The van der Waals surface area contributed by atoms with Crippen molar-refractivity contribution in [2.24, 2.45) is 0 Å². The molecule has 0 aliphatic rings. The highest BCUT2D eigenvalue weighted by molar-refractivity contribution is 6.42. The van der Waals surface area contributed by atoms with Gasteiger partial charge in [-0.25, -0.2) is 9.59 Å². The molecule has 0 heterocycles. The van der Waals surface area contributed by atoms with E-state index in [-0.39, 0.29) is 16.7 Å². The van der Waals surface area contributed by atoms with Crippen molar-refractivity contribution >= 4 is 69.8 Å². The number of nitrogens with one attached hydrogen (secondary N) is 2. The van der Waals surface area contributed by atoms with E-state index in [1.807, 2.05) is 18.2 Å². The molecule has 0 saturated heterocycles. The van der Waals surface area contributed by atoms with E-state index < -0.39 is 12.1 Å².